The molecule has 0 aliphatic heterocycles. The normalized spacial score (nSPS) is 9.56. The molecule has 1 aromatic carbocycles. The van der Waals surface area contributed by atoms with E-state index in [1.807, 2.05) is 31.2 Å². The molecule has 0 unspecified atom stereocenters. The van der Waals surface area contributed by atoms with E-state index in [1.165, 1.54) is 0 Å². The monoisotopic (exact) mass is 239 g/mol. The van der Waals surface area contributed by atoms with E-state index in [0.717, 1.165) is 11.4 Å². The molecule has 1 aromatic heterocycles. The van der Waals surface area contributed by atoms with Gasteiger partial charge in [-0.05, 0) is 43.3 Å². The molecule has 90 valence electrons. The minimum atomic E-state index is 0.582. The van der Waals surface area contributed by atoms with Crippen LogP contribution in [0.25, 0.3) is 0 Å². The molecule has 4 heteroatoms. The number of rotatable bonds is 4. The number of nitriles is 1. The van der Waals surface area contributed by atoms with Crippen LogP contribution in [0.3, 0.4) is 0 Å². The molecule has 0 amide bonds. The van der Waals surface area contributed by atoms with Crippen molar-refractivity contribution in [2.45, 2.75) is 6.92 Å². The Morgan fingerprint density at radius 1 is 1.28 bits per heavy atom. The lowest BCUT2D eigenvalue weighted by molar-refractivity contribution is 0.340. The van der Waals surface area contributed by atoms with Gasteiger partial charge >= 0.3 is 0 Å². The van der Waals surface area contributed by atoms with Crippen molar-refractivity contribution in [2.75, 3.05) is 11.9 Å². The Morgan fingerprint density at radius 3 is 2.72 bits per heavy atom. The number of ether oxygens (including phenoxy) is 1. The highest BCUT2D eigenvalue weighted by molar-refractivity contribution is 5.58. The van der Waals surface area contributed by atoms with Crippen molar-refractivity contribution in [2.24, 2.45) is 0 Å². The summed E-state index contributed by atoms with van der Waals surface area (Å²) in [7, 11) is 0. The average molecular weight is 239 g/mol. The van der Waals surface area contributed by atoms with Crippen LogP contribution in [0, 0.1) is 11.3 Å². The molecule has 0 aliphatic rings. The number of anilines is 2. The molecule has 0 saturated heterocycles. The Morgan fingerprint density at radius 2 is 2.06 bits per heavy atom. The van der Waals surface area contributed by atoms with Crippen LogP contribution < -0.4 is 10.1 Å². The van der Waals surface area contributed by atoms with Crippen LogP contribution in [0.15, 0.2) is 42.6 Å². The third-order valence-electron chi connectivity index (χ3n) is 2.33. The van der Waals surface area contributed by atoms with Crippen molar-refractivity contribution in [1.29, 1.82) is 5.26 Å². The van der Waals surface area contributed by atoms with Crippen molar-refractivity contribution >= 4 is 11.5 Å². The third kappa shape index (κ3) is 2.98. The zero-order valence-corrected chi connectivity index (χ0v) is 10.1. The highest BCUT2D eigenvalue weighted by atomic mass is 16.5. The fraction of sp³-hybridized carbons (Fsp3) is 0.143. The molecule has 4 nitrogen and oxygen atoms in total. The smallest absolute Gasteiger partial charge is 0.131 e. The molecule has 0 fully saturated rings. The summed E-state index contributed by atoms with van der Waals surface area (Å²) < 4.78 is 5.36. The summed E-state index contributed by atoms with van der Waals surface area (Å²) >= 11 is 0. The maximum absolute atomic E-state index is 8.80. The van der Waals surface area contributed by atoms with Crippen LogP contribution in [0.2, 0.25) is 0 Å². The number of nitrogens with one attached hydrogen (secondary N) is 1. The van der Waals surface area contributed by atoms with Gasteiger partial charge in [-0.2, -0.15) is 5.26 Å². The van der Waals surface area contributed by atoms with Crippen LogP contribution in [0.1, 0.15) is 12.5 Å². The van der Waals surface area contributed by atoms with Gasteiger partial charge in [-0.3, -0.25) is 0 Å². The standard InChI is InChI=1S/C14H13N3O/c1-2-18-13-5-3-12(4-6-13)17-14-9-11(10-15)7-8-16-14/h3-9H,2H2,1H3,(H,16,17). The van der Waals surface area contributed by atoms with Gasteiger partial charge in [0.25, 0.3) is 0 Å². The molecule has 2 aromatic rings. The summed E-state index contributed by atoms with van der Waals surface area (Å²) in [5.41, 5.74) is 1.49. The van der Waals surface area contributed by atoms with Crippen LogP contribution in [0.5, 0.6) is 5.75 Å². The van der Waals surface area contributed by atoms with Crippen molar-refractivity contribution in [3.8, 4) is 11.8 Å². The highest BCUT2D eigenvalue weighted by Crippen LogP contribution is 2.19. The molecular formula is C14H13N3O. The minimum Gasteiger partial charge on any atom is -0.494 e. The summed E-state index contributed by atoms with van der Waals surface area (Å²) in [6, 6.07) is 13.0. The fourth-order valence-electron chi connectivity index (χ4n) is 1.52. The lowest BCUT2D eigenvalue weighted by atomic mass is 10.2. The van der Waals surface area contributed by atoms with Gasteiger partial charge in [0.1, 0.15) is 11.6 Å². The van der Waals surface area contributed by atoms with Gasteiger partial charge in [-0.1, -0.05) is 0 Å². The maximum atomic E-state index is 8.80. The van der Waals surface area contributed by atoms with Gasteiger partial charge in [-0.15, -0.1) is 0 Å². The van der Waals surface area contributed by atoms with E-state index in [9.17, 15) is 0 Å². The maximum Gasteiger partial charge on any atom is 0.131 e. The Balaban J connectivity index is 2.11. The highest BCUT2D eigenvalue weighted by Gasteiger charge is 1.98. The molecule has 0 aliphatic carbocycles. The first-order chi connectivity index (χ1) is 8.81. The quantitative estimate of drug-likeness (QED) is 0.890. The number of hydrogen-bond acceptors (Lipinski definition) is 4. The third-order valence-corrected chi connectivity index (χ3v) is 2.33. The molecule has 2 rings (SSSR count). The first-order valence-electron chi connectivity index (χ1n) is 5.68. The van der Waals surface area contributed by atoms with Crippen LogP contribution >= 0.6 is 0 Å². The number of nitrogens with zero attached hydrogens (tertiary/aromatic N) is 2. The second-order valence-electron chi connectivity index (χ2n) is 3.62. The Hall–Kier alpha value is -2.54. The minimum absolute atomic E-state index is 0.582. The SMILES string of the molecule is CCOc1ccc(Nc2cc(C#N)ccn2)cc1. The van der Waals surface area contributed by atoms with E-state index in [1.54, 1.807) is 18.3 Å². The Bertz CT molecular complexity index is 558. The molecule has 0 spiro atoms. The molecular weight excluding hydrogens is 226 g/mol. The van der Waals surface area contributed by atoms with E-state index in [-0.39, 0.29) is 0 Å². The predicted octanol–water partition coefficient (Wildman–Crippen LogP) is 3.10. The molecule has 18 heavy (non-hydrogen) atoms. The van der Waals surface area contributed by atoms with Crippen LogP contribution in [-0.4, -0.2) is 11.6 Å². The topological polar surface area (TPSA) is 57.9 Å². The van der Waals surface area contributed by atoms with Crippen LogP contribution in [-0.2, 0) is 0 Å². The van der Waals surface area contributed by atoms with Gasteiger partial charge in [0, 0.05) is 11.9 Å². The van der Waals surface area contributed by atoms with Gasteiger partial charge in [0.15, 0.2) is 0 Å². The van der Waals surface area contributed by atoms with Crippen molar-refractivity contribution < 1.29 is 4.74 Å². The summed E-state index contributed by atoms with van der Waals surface area (Å²) in [4.78, 5) is 4.15. The molecule has 1 heterocycles. The predicted molar refractivity (Wildman–Crippen MR) is 69.8 cm³/mol. The van der Waals surface area contributed by atoms with E-state index >= 15 is 0 Å². The lowest BCUT2D eigenvalue weighted by Crippen LogP contribution is -1.95. The molecule has 0 bridgehead atoms. The Labute approximate surface area is 106 Å². The van der Waals surface area contributed by atoms with E-state index in [2.05, 4.69) is 16.4 Å². The summed E-state index contributed by atoms with van der Waals surface area (Å²) in [5.74, 6) is 1.49. The molecule has 0 saturated carbocycles. The summed E-state index contributed by atoms with van der Waals surface area (Å²) in [6.45, 7) is 2.60. The lowest BCUT2D eigenvalue weighted by Gasteiger charge is -2.07. The number of benzene rings is 1. The van der Waals surface area contributed by atoms with E-state index in [4.69, 9.17) is 10.00 Å². The number of hydrogen-bond donors (Lipinski definition) is 1. The van der Waals surface area contributed by atoms with Crippen LogP contribution in [0.4, 0.5) is 11.5 Å². The van der Waals surface area contributed by atoms with Crippen molar-refractivity contribution in [3.05, 3.63) is 48.2 Å². The van der Waals surface area contributed by atoms with Gasteiger partial charge in [-0.25, -0.2) is 4.98 Å². The van der Waals surface area contributed by atoms with Gasteiger partial charge < -0.3 is 10.1 Å². The largest absolute Gasteiger partial charge is 0.494 e. The molecule has 0 radical (unpaired) electrons. The Kier molecular flexibility index (Phi) is 3.77. The van der Waals surface area contributed by atoms with E-state index < -0.39 is 0 Å². The van der Waals surface area contributed by atoms with Gasteiger partial charge in [0.2, 0.25) is 0 Å². The summed E-state index contributed by atoms with van der Waals surface area (Å²) in [5, 5.41) is 11.9. The number of aromatic nitrogens is 1. The second-order valence-corrected chi connectivity index (χ2v) is 3.62. The van der Waals surface area contributed by atoms with Crippen molar-refractivity contribution in [1.82, 2.24) is 4.98 Å². The number of pyridine rings is 1. The van der Waals surface area contributed by atoms with Gasteiger partial charge in [0.05, 0.1) is 18.2 Å². The molecule has 0 atom stereocenters. The first kappa shape index (κ1) is 11.9. The zero-order valence-electron chi connectivity index (χ0n) is 10.1. The summed E-state index contributed by atoms with van der Waals surface area (Å²) in [6.07, 6.45) is 1.61. The first-order valence-corrected chi connectivity index (χ1v) is 5.68. The fourth-order valence-corrected chi connectivity index (χ4v) is 1.52. The van der Waals surface area contributed by atoms with Crippen molar-refractivity contribution in [3.63, 3.8) is 0 Å². The average Bonchev–Trinajstić information content (AvgIpc) is 2.42. The molecule has 1 N–H and O–H groups in total. The second kappa shape index (κ2) is 5.69. The van der Waals surface area contributed by atoms with E-state index in [0.29, 0.717) is 18.0 Å². The zero-order chi connectivity index (χ0) is 12.8.